The highest BCUT2D eigenvalue weighted by Gasteiger charge is 2.07. The number of hydrogen-bond acceptors (Lipinski definition) is 4. The third-order valence-corrected chi connectivity index (χ3v) is 3.04. The fourth-order valence-electron chi connectivity index (χ4n) is 2.06. The molecule has 1 aromatic carbocycles. The van der Waals surface area contributed by atoms with Gasteiger partial charge in [0.1, 0.15) is 5.75 Å². The molecule has 0 radical (unpaired) electrons. The minimum Gasteiger partial charge on any atom is -0.493 e. The molecular formula is C15H20N2O2. The SMILES string of the molecule is CCNC(CO)CCOc1cccc2ncccc12. The second kappa shape index (κ2) is 7.07. The summed E-state index contributed by atoms with van der Waals surface area (Å²) >= 11 is 0. The van der Waals surface area contributed by atoms with E-state index in [9.17, 15) is 5.11 Å². The molecule has 1 aromatic heterocycles. The Morgan fingerprint density at radius 3 is 3.00 bits per heavy atom. The van der Waals surface area contributed by atoms with Gasteiger partial charge < -0.3 is 15.2 Å². The normalized spacial score (nSPS) is 12.5. The molecule has 0 saturated heterocycles. The average molecular weight is 260 g/mol. The Morgan fingerprint density at radius 1 is 1.32 bits per heavy atom. The number of aliphatic hydroxyl groups is 1. The molecule has 0 fully saturated rings. The van der Waals surface area contributed by atoms with E-state index in [0.29, 0.717) is 6.61 Å². The van der Waals surface area contributed by atoms with Gasteiger partial charge in [0.25, 0.3) is 0 Å². The smallest absolute Gasteiger partial charge is 0.128 e. The summed E-state index contributed by atoms with van der Waals surface area (Å²) in [6.45, 7) is 3.59. The first-order valence-electron chi connectivity index (χ1n) is 6.66. The van der Waals surface area contributed by atoms with Crippen molar-refractivity contribution in [3.63, 3.8) is 0 Å². The maximum atomic E-state index is 9.20. The van der Waals surface area contributed by atoms with Crippen LogP contribution < -0.4 is 10.1 Å². The monoisotopic (exact) mass is 260 g/mol. The lowest BCUT2D eigenvalue weighted by atomic mass is 10.2. The molecule has 2 N–H and O–H groups in total. The molecule has 102 valence electrons. The summed E-state index contributed by atoms with van der Waals surface area (Å²) in [7, 11) is 0. The van der Waals surface area contributed by atoms with Gasteiger partial charge in [0.2, 0.25) is 0 Å². The molecule has 0 saturated carbocycles. The van der Waals surface area contributed by atoms with E-state index in [4.69, 9.17) is 4.74 Å². The molecule has 1 unspecified atom stereocenters. The fourth-order valence-corrected chi connectivity index (χ4v) is 2.06. The van der Waals surface area contributed by atoms with E-state index in [0.717, 1.165) is 29.6 Å². The van der Waals surface area contributed by atoms with Gasteiger partial charge in [-0.05, 0) is 37.2 Å². The van der Waals surface area contributed by atoms with Crippen LogP contribution in [0.3, 0.4) is 0 Å². The van der Waals surface area contributed by atoms with Crippen LogP contribution in [-0.4, -0.2) is 35.9 Å². The van der Waals surface area contributed by atoms with E-state index in [-0.39, 0.29) is 12.6 Å². The van der Waals surface area contributed by atoms with Crippen LogP contribution in [0.2, 0.25) is 0 Å². The molecule has 1 heterocycles. The highest BCUT2D eigenvalue weighted by Crippen LogP contribution is 2.23. The van der Waals surface area contributed by atoms with Crippen LogP contribution >= 0.6 is 0 Å². The van der Waals surface area contributed by atoms with Crippen LogP contribution in [0.25, 0.3) is 10.9 Å². The number of likely N-dealkylation sites (N-methyl/N-ethyl adjacent to an activating group) is 1. The van der Waals surface area contributed by atoms with Crippen LogP contribution in [0.4, 0.5) is 0 Å². The molecule has 0 aliphatic carbocycles. The number of pyridine rings is 1. The minimum atomic E-state index is 0.0955. The predicted molar refractivity (Wildman–Crippen MR) is 76.4 cm³/mol. The molecule has 0 spiro atoms. The highest BCUT2D eigenvalue weighted by atomic mass is 16.5. The first-order chi connectivity index (χ1) is 9.35. The molecule has 1 atom stereocenters. The average Bonchev–Trinajstić information content (AvgIpc) is 2.46. The van der Waals surface area contributed by atoms with Gasteiger partial charge >= 0.3 is 0 Å². The van der Waals surface area contributed by atoms with Crippen molar-refractivity contribution in [2.24, 2.45) is 0 Å². The predicted octanol–water partition coefficient (Wildman–Crippen LogP) is 1.97. The van der Waals surface area contributed by atoms with Crippen molar-refractivity contribution in [1.29, 1.82) is 0 Å². The molecule has 0 aliphatic rings. The zero-order valence-electron chi connectivity index (χ0n) is 11.2. The van der Waals surface area contributed by atoms with Gasteiger partial charge in [0, 0.05) is 17.6 Å². The minimum absolute atomic E-state index is 0.0955. The molecule has 2 rings (SSSR count). The Bertz CT molecular complexity index is 511. The Hall–Kier alpha value is -1.65. The molecule has 0 bridgehead atoms. The summed E-state index contributed by atoms with van der Waals surface area (Å²) in [5, 5.41) is 13.4. The van der Waals surface area contributed by atoms with Gasteiger partial charge in [-0.1, -0.05) is 13.0 Å². The summed E-state index contributed by atoms with van der Waals surface area (Å²) in [5.74, 6) is 0.846. The molecule has 4 heteroatoms. The van der Waals surface area contributed by atoms with E-state index in [1.807, 2.05) is 37.3 Å². The number of benzene rings is 1. The standard InChI is InChI=1S/C15H20N2O2/c1-2-16-12(11-18)8-10-19-15-7-3-6-14-13(15)5-4-9-17-14/h3-7,9,12,16,18H,2,8,10-11H2,1H3. The molecular weight excluding hydrogens is 240 g/mol. The second-order valence-electron chi connectivity index (χ2n) is 4.40. The first-order valence-corrected chi connectivity index (χ1v) is 6.66. The third kappa shape index (κ3) is 3.66. The van der Waals surface area contributed by atoms with Crippen molar-refractivity contribution in [2.45, 2.75) is 19.4 Å². The Morgan fingerprint density at radius 2 is 2.21 bits per heavy atom. The zero-order valence-corrected chi connectivity index (χ0v) is 11.2. The van der Waals surface area contributed by atoms with Gasteiger partial charge in [-0.25, -0.2) is 0 Å². The van der Waals surface area contributed by atoms with Crippen LogP contribution in [0.5, 0.6) is 5.75 Å². The van der Waals surface area contributed by atoms with Gasteiger partial charge in [0.05, 0.1) is 18.7 Å². The maximum Gasteiger partial charge on any atom is 0.128 e. The van der Waals surface area contributed by atoms with Crippen molar-refractivity contribution >= 4 is 10.9 Å². The Balaban J connectivity index is 1.98. The number of nitrogens with one attached hydrogen (secondary N) is 1. The van der Waals surface area contributed by atoms with Crippen molar-refractivity contribution in [1.82, 2.24) is 10.3 Å². The van der Waals surface area contributed by atoms with E-state index in [2.05, 4.69) is 10.3 Å². The fraction of sp³-hybridized carbons (Fsp3) is 0.400. The summed E-state index contributed by atoms with van der Waals surface area (Å²) < 4.78 is 5.81. The van der Waals surface area contributed by atoms with Crippen LogP contribution in [-0.2, 0) is 0 Å². The van der Waals surface area contributed by atoms with E-state index in [1.165, 1.54) is 0 Å². The number of rotatable bonds is 7. The number of fused-ring (bicyclic) bond motifs is 1. The summed E-state index contributed by atoms with van der Waals surface area (Å²) in [4.78, 5) is 4.30. The van der Waals surface area contributed by atoms with Crippen molar-refractivity contribution < 1.29 is 9.84 Å². The van der Waals surface area contributed by atoms with E-state index in [1.54, 1.807) is 6.20 Å². The quantitative estimate of drug-likeness (QED) is 0.799. The van der Waals surface area contributed by atoms with Crippen LogP contribution in [0, 0.1) is 0 Å². The van der Waals surface area contributed by atoms with Gasteiger partial charge in [-0.2, -0.15) is 0 Å². The van der Waals surface area contributed by atoms with E-state index < -0.39 is 0 Å². The molecule has 4 nitrogen and oxygen atoms in total. The number of aliphatic hydroxyl groups excluding tert-OH is 1. The lowest BCUT2D eigenvalue weighted by Crippen LogP contribution is -2.33. The van der Waals surface area contributed by atoms with Crippen molar-refractivity contribution in [2.75, 3.05) is 19.8 Å². The Labute approximate surface area is 113 Å². The lowest BCUT2D eigenvalue weighted by Gasteiger charge is -2.15. The van der Waals surface area contributed by atoms with Crippen LogP contribution in [0.15, 0.2) is 36.5 Å². The molecule has 2 aromatic rings. The number of hydrogen-bond donors (Lipinski definition) is 2. The number of aromatic nitrogens is 1. The van der Waals surface area contributed by atoms with Gasteiger partial charge in [0.15, 0.2) is 0 Å². The number of nitrogens with zero attached hydrogens (tertiary/aromatic N) is 1. The van der Waals surface area contributed by atoms with Crippen molar-refractivity contribution in [3.05, 3.63) is 36.5 Å². The second-order valence-corrected chi connectivity index (χ2v) is 4.40. The Kier molecular flexibility index (Phi) is 5.12. The largest absolute Gasteiger partial charge is 0.493 e. The molecule has 0 amide bonds. The molecule has 19 heavy (non-hydrogen) atoms. The number of ether oxygens (including phenoxy) is 1. The lowest BCUT2D eigenvalue weighted by molar-refractivity contribution is 0.211. The zero-order chi connectivity index (χ0) is 13.5. The topological polar surface area (TPSA) is 54.4 Å². The van der Waals surface area contributed by atoms with Crippen molar-refractivity contribution in [3.8, 4) is 5.75 Å². The first kappa shape index (κ1) is 13.8. The summed E-state index contributed by atoms with van der Waals surface area (Å²) in [5.41, 5.74) is 0.936. The van der Waals surface area contributed by atoms with Crippen LogP contribution in [0.1, 0.15) is 13.3 Å². The van der Waals surface area contributed by atoms with E-state index >= 15 is 0 Å². The highest BCUT2D eigenvalue weighted by molar-refractivity contribution is 5.84. The summed E-state index contributed by atoms with van der Waals surface area (Å²) in [6.07, 6.45) is 2.56. The van der Waals surface area contributed by atoms with Gasteiger partial charge in [-0.15, -0.1) is 0 Å². The summed E-state index contributed by atoms with van der Waals surface area (Å²) in [6, 6.07) is 9.87. The third-order valence-electron chi connectivity index (χ3n) is 3.04. The maximum absolute atomic E-state index is 9.20. The molecule has 0 aliphatic heterocycles. The van der Waals surface area contributed by atoms with Gasteiger partial charge in [-0.3, -0.25) is 4.98 Å².